The molecule has 1 aromatic heterocycles. The zero-order chi connectivity index (χ0) is 13.6. The number of ether oxygens (including phenoxy) is 1. The molecule has 2 nitrogen and oxygen atoms in total. The van der Waals surface area contributed by atoms with Crippen LogP contribution in [0.25, 0.3) is 0 Å². The molecular weight excluding hydrogens is 263 g/mol. The Hall–Kier alpha value is -0.590. The number of rotatable bonds is 7. The topological polar surface area (TPSA) is 21.3 Å². The molecule has 104 valence electrons. The van der Waals surface area contributed by atoms with Crippen LogP contribution in [0.2, 0.25) is 0 Å². The van der Waals surface area contributed by atoms with Gasteiger partial charge in [-0.3, -0.25) is 0 Å². The predicted octanol–water partition coefficient (Wildman–Crippen LogP) is 3.16. The number of alkyl halides is 3. The molecule has 6 heteroatoms. The third-order valence-corrected chi connectivity index (χ3v) is 3.33. The molecule has 0 aliphatic rings. The summed E-state index contributed by atoms with van der Waals surface area (Å²) in [6, 6.07) is 4.38. The molecule has 1 aromatic rings. The van der Waals surface area contributed by atoms with Gasteiger partial charge in [-0.15, -0.1) is 11.3 Å². The molecule has 0 saturated heterocycles. The molecule has 1 N–H and O–H groups in total. The average Bonchev–Trinajstić information content (AvgIpc) is 2.61. The molecule has 0 fully saturated rings. The fourth-order valence-corrected chi connectivity index (χ4v) is 2.55. The van der Waals surface area contributed by atoms with Gasteiger partial charge in [0.05, 0.1) is 6.61 Å². The van der Waals surface area contributed by atoms with Crippen LogP contribution in [0.1, 0.15) is 16.7 Å². The van der Waals surface area contributed by atoms with E-state index in [2.05, 4.69) is 29.1 Å². The summed E-state index contributed by atoms with van der Waals surface area (Å²) in [7, 11) is 0. The van der Waals surface area contributed by atoms with Crippen molar-refractivity contribution in [3.63, 3.8) is 0 Å². The van der Waals surface area contributed by atoms with E-state index in [1.807, 2.05) is 6.92 Å². The van der Waals surface area contributed by atoms with E-state index in [9.17, 15) is 13.2 Å². The van der Waals surface area contributed by atoms with Crippen LogP contribution in [0.3, 0.4) is 0 Å². The van der Waals surface area contributed by atoms with Crippen molar-refractivity contribution in [1.29, 1.82) is 0 Å². The van der Waals surface area contributed by atoms with Crippen molar-refractivity contribution in [3.8, 4) is 0 Å². The maximum absolute atomic E-state index is 11.8. The quantitative estimate of drug-likeness (QED) is 0.775. The zero-order valence-corrected chi connectivity index (χ0v) is 11.3. The van der Waals surface area contributed by atoms with Gasteiger partial charge in [0, 0.05) is 22.3 Å². The molecule has 0 amide bonds. The Kier molecular flexibility index (Phi) is 6.11. The molecule has 0 radical (unpaired) electrons. The van der Waals surface area contributed by atoms with Crippen LogP contribution in [0.4, 0.5) is 13.2 Å². The summed E-state index contributed by atoms with van der Waals surface area (Å²) < 4.78 is 39.9. The highest BCUT2D eigenvalue weighted by atomic mass is 32.1. The summed E-state index contributed by atoms with van der Waals surface area (Å²) in [6.45, 7) is 3.40. The largest absolute Gasteiger partial charge is 0.411 e. The van der Waals surface area contributed by atoms with Gasteiger partial charge in [0.1, 0.15) is 6.61 Å². The molecule has 0 saturated carbocycles. The van der Waals surface area contributed by atoms with Crippen molar-refractivity contribution < 1.29 is 17.9 Å². The number of aryl methyl sites for hydroxylation is 1. The van der Waals surface area contributed by atoms with Crippen molar-refractivity contribution in [1.82, 2.24) is 5.32 Å². The molecule has 0 aliphatic heterocycles. The fourth-order valence-electron chi connectivity index (χ4n) is 1.53. The van der Waals surface area contributed by atoms with E-state index in [-0.39, 0.29) is 12.6 Å². The van der Waals surface area contributed by atoms with Gasteiger partial charge in [-0.25, -0.2) is 0 Å². The highest BCUT2D eigenvalue weighted by Gasteiger charge is 2.27. The van der Waals surface area contributed by atoms with E-state index < -0.39 is 12.8 Å². The van der Waals surface area contributed by atoms with Crippen LogP contribution in [0.5, 0.6) is 0 Å². The predicted molar refractivity (Wildman–Crippen MR) is 67.1 cm³/mol. The number of nitrogens with one attached hydrogen (secondary N) is 1. The molecule has 1 rings (SSSR count). The van der Waals surface area contributed by atoms with Gasteiger partial charge in [-0.1, -0.05) is 0 Å². The fraction of sp³-hybridized carbons (Fsp3) is 0.667. The summed E-state index contributed by atoms with van der Waals surface area (Å²) in [5, 5.41) is 3.14. The monoisotopic (exact) mass is 281 g/mol. The molecule has 0 aliphatic carbocycles. The smallest absolute Gasteiger partial charge is 0.371 e. The first-order chi connectivity index (χ1) is 8.37. The Morgan fingerprint density at radius 1 is 1.39 bits per heavy atom. The molecule has 0 spiro atoms. The minimum Gasteiger partial charge on any atom is -0.371 e. The lowest BCUT2D eigenvalue weighted by Crippen LogP contribution is -2.31. The van der Waals surface area contributed by atoms with Gasteiger partial charge < -0.3 is 10.1 Å². The van der Waals surface area contributed by atoms with E-state index in [4.69, 9.17) is 0 Å². The number of hydrogen-bond donors (Lipinski definition) is 1. The van der Waals surface area contributed by atoms with Crippen molar-refractivity contribution in [2.45, 2.75) is 32.5 Å². The Morgan fingerprint density at radius 3 is 2.67 bits per heavy atom. The van der Waals surface area contributed by atoms with Crippen LogP contribution >= 0.6 is 11.3 Å². The Bertz CT molecular complexity index is 351. The SMILES string of the molecule is Cc1ccc(CC(C)NCCOCC(F)(F)F)s1. The van der Waals surface area contributed by atoms with Gasteiger partial charge in [-0.05, 0) is 32.4 Å². The Balaban J connectivity index is 2.09. The van der Waals surface area contributed by atoms with Crippen LogP contribution < -0.4 is 5.32 Å². The van der Waals surface area contributed by atoms with Crippen LogP contribution in [-0.4, -0.2) is 32.0 Å². The average molecular weight is 281 g/mol. The molecule has 0 aromatic carbocycles. The molecule has 0 bridgehead atoms. The van der Waals surface area contributed by atoms with E-state index in [1.165, 1.54) is 9.75 Å². The summed E-state index contributed by atoms with van der Waals surface area (Å²) in [4.78, 5) is 2.55. The standard InChI is InChI=1S/C12H18F3NOS/c1-9(7-11-4-3-10(2)18-11)16-5-6-17-8-12(13,14)15/h3-4,9,16H,5-8H2,1-2H3. The maximum Gasteiger partial charge on any atom is 0.411 e. The molecule has 1 unspecified atom stereocenters. The zero-order valence-electron chi connectivity index (χ0n) is 10.5. The van der Waals surface area contributed by atoms with Crippen LogP contribution in [0, 0.1) is 6.92 Å². The Morgan fingerprint density at radius 2 is 2.11 bits per heavy atom. The summed E-state index contributed by atoms with van der Waals surface area (Å²) in [5.41, 5.74) is 0. The normalized spacial score (nSPS) is 13.8. The van der Waals surface area contributed by atoms with Gasteiger partial charge >= 0.3 is 6.18 Å². The minimum atomic E-state index is -4.24. The second-order valence-corrected chi connectivity index (χ2v) is 5.61. The Labute approximate surface area is 109 Å². The number of halogens is 3. The first-order valence-electron chi connectivity index (χ1n) is 5.80. The first kappa shape index (κ1) is 15.5. The third kappa shape index (κ3) is 6.98. The minimum absolute atomic E-state index is 0.0767. The summed E-state index contributed by atoms with van der Waals surface area (Å²) in [6.07, 6.45) is -3.35. The molecule has 18 heavy (non-hydrogen) atoms. The van der Waals surface area contributed by atoms with E-state index >= 15 is 0 Å². The van der Waals surface area contributed by atoms with Crippen molar-refractivity contribution >= 4 is 11.3 Å². The molecule has 1 atom stereocenters. The van der Waals surface area contributed by atoms with Gasteiger partial charge in [0.2, 0.25) is 0 Å². The second kappa shape index (κ2) is 7.11. The van der Waals surface area contributed by atoms with Crippen LogP contribution in [-0.2, 0) is 11.2 Å². The van der Waals surface area contributed by atoms with Crippen molar-refractivity contribution in [2.75, 3.05) is 19.8 Å². The molecule has 1 heterocycles. The second-order valence-electron chi connectivity index (χ2n) is 4.24. The lowest BCUT2D eigenvalue weighted by atomic mass is 10.2. The maximum atomic E-state index is 11.8. The summed E-state index contributed by atoms with van der Waals surface area (Å²) >= 11 is 1.74. The van der Waals surface area contributed by atoms with E-state index in [1.54, 1.807) is 11.3 Å². The van der Waals surface area contributed by atoms with Crippen molar-refractivity contribution in [3.05, 3.63) is 21.9 Å². The van der Waals surface area contributed by atoms with E-state index in [0.29, 0.717) is 6.54 Å². The third-order valence-electron chi connectivity index (χ3n) is 2.31. The number of hydrogen-bond acceptors (Lipinski definition) is 3. The van der Waals surface area contributed by atoms with E-state index in [0.717, 1.165) is 6.42 Å². The van der Waals surface area contributed by atoms with Crippen LogP contribution in [0.15, 0.2) is 12.1 Å². The summed E-state index contributed by atoms with van der Waals surface area (Å²) in [5.74, 6) is 0. The van der Waals surface area contributed by atoms with Gasteiger partial charge in [-0.2, -0.15) is 13.2 Å². The highest BCUT2D eigenvalue weighted by Crippen LogP contribution is 2.16. The lowest BCUT2D eigenvalue weighted by molar-refractivity contribution is -0.173. The number of thiophene rings is 1. The van der Waals surface area contributed by atoms with Crippen molar-refractivity contribution in [2.24, 2.45) is 0 Å². The highest BCUT2D eigenvalue weighted by molar-refractivity contribution is 7.11. The van der Waals surface area contributed by atoms with Gasteiger partial charge in [0.15, 0.2) is 0 Å². The molecular formula is C12H18F3NOS. The first-order valence-corrected chi connectivity index (χ1v) is 6.61. The lowest BCUT2D eigenvalue weighted by Gasteiger charge is -2.13. The van der Waals surface area contributed by atoms with Gasteiger partial charge in [0.25, 0.3) is 0 Å².